The quantitative estimate of drug-likeness (QED) is 0.805. The Morgan fingerprint density at radius 1 is 1.14 bits per heavy atom. The summed E-state index contributed by atoms with van der Waals surface area (Å²) in [4.78, 5) is 28.8. The van der Waals surface area contributed by atoms with Gasteiger partial charge in [-0.3, -0.25) is 4.79 Å². The van der Waals surface area contributed by atoms with Crippen molar-refractivity contribution in [2.75, 3.05) is 38.2 Å². The van der Waals surface area contributed by atoms with Gasteiger partial charge in [0.15, 0.2) is 5.75 Å². The molecular formula is C14H18N6O2. The van der Waals surface area contributed by atoms with Crippen LogP contribution in [0.3, 0.4) is 0 Å². The zero-order valence-electron chi connectivity index (χ0n) is 12.6. The number of hydrogen-bond acceptors (Lipinski definition) is 6. The molecule has 0 aliphatic carbocycles. The van der Waals surface area contributed by atoms with Crippen LogP contribution in [0.1, 0.15) is 10.5 Å². The number of hydrogen-bond donors (Lipinski definition) is 0. The van der Waals surface area contributed by atoms with Gasteiger partial charge in [-0.25, -0.2) is 15.0 Å². The first kappa shape index (κ1) is 14.3. The lowest BCUT2D eigenvalue weighted by atomic mass is 10.3. The van der Waals surface area contributed by atoms with Gasteiger partial charge in [0.1, 0.15) is 5.69 Å². The van der Waals surface area contributed by atoms with Crippen molar-refractivity contribution in [3.05, 3.63) is 30.6 Å². The maximum absolute atomic E-state index is 12.4. The Bertz CT molecular complexity index is 646. The molecule has 0 spiro atoms. The summed E-state index contributed by atoms with van der Waals surface area (Å²) in [6.45, 7) is 2.69. The van der Waals surface area contributed by atoms with Crippen LogP contribution in [-0.4, -0.2) is 63.6 Å². The SMILES string of the molecule is COc1cnc(N2CCN(C(=O)c3cncn3C)CC2)nc1. The van der Waals surface area contributed by atoms with E-state index in [1.807, 2.05) is 11.9 Å². The predicted octanol–water partition coefficient (Wildman–Crippen LogP) is 0.181. The number of imidazole rings is 1. The lowest BCUT2D eigenvalue weighted by Crippen LogP contribution is -2.49. The highest BCUT2D eigenvalue weighted by Crippen LogP contribution is 2.15. The van der Waals surface area contributed by atoms with E-state index in [0.717, 1.165) is 0 Å². The highest BCUT2D eigenvalue weighted by Gasteiger charge is 2.24. The lowest BCUT2D eigenvalue weighted by Gasteiger charge is -2.34. The smallest absolute Gasteiger partial charge is 0.272 e. The second-order valence-corrected chi connectivity index (χ2v) is 5.09. The van der Waals surface area contributed by atoms with Gasteiger partial charge in [0, 0.05) is 33.2 Å². The topological polar surface area (TPSA) is 76.4 Å². The van der Waals surface area contributed by atoms with Crippen LogP contribution in [-0.2, 0) is 7.05 Å². The number of ether oxygens (including phenoxy) is 1. The molecule has 8 nitrogen and oxygen atoms in total. The fourth-order valence-electron chi connectivity index (χ4n) is 2.41. The van der Waals surface area contributed by atoms with Gasteiger partial charge in [-0.2, -0.15) is 0 Å². The van der Waals surface area contributed by atoms with E-state index < -0.39 is 0 Å². The number of piperazine rings is 1. The van der Waals surface area contributed by atoms with Crippen molar-refractivity contribution >= 4 is 11.9 Å². The number of carbonyl (C=O) groups is 1. The van der Waals surface area contributed by atoms with Gasteiger partial charge in [0.25, 0.3) is 5.91 Å². The zero-order chi connectivity index (χ0) is 15.5. The van der Waals surface area contributed by atoms with E-state index in [9.17, 15) is 4.79 Å². The molecule has 1 aliphatic rings. The van der Waals surface area contributed by atoms with Gasteiger partial charge in [0.2, 0.25) is 5.95 Å². The van der Waals surface area contributed by atoms with Crippen LogP contribution >= 0.6 is 0 Å². The van der Waals surface area contributed by atoms with E-state index in [-0.39, 0.29) is 5.91 Å². The maximum Gasteiger partial charge on any atom is 0.272 e. The molecule has 1 amide bonds. The molecule has 0 bridgehead atoms. The monoisotopic (exact) mass is 302 g/mol. The van der Waals surface area contributed by atoms with Crippen LogP contribution in [0.4, 0.5) is 5.95 Å². The average Bonchev–Trinajstić information content (AvgIpc) is 3.00. The van der Waals surface area contributed by atoms with Crippen LogP contribution < -0.4 is 9.64 Å². The molecule has 8 heteroatoms. The Morgan fingerprint density at radius 2 is 1.82 bits per heavy atom. The van der Waals surface area contributed by atoms with Crippen molar-refractivity contribution in [3.63, 3.8) is 0 Å². The molecule has 0 atom stereocenters. The number of anilines is 1. The molecule has 0 aromatic carbocycles. The van der Waals surface area contributed by atoms with E-state index >= 15 is 0 Å². The van der Waals surface area contributed by atoms with Gasteiger partial charge in [-0.15, -0.1) is 0 Å². The summed E-state index contributed by atoms with van der Waals surface area (Å²) in [6, 6.07) is 0. The maximum atomic E-state index is 12.4. The van der Waals surface area contributed by atoms with E-state index in [4.69, 9.17) is 4.74 Å². The molecule has 1 saturated heterocycles. The minimum Gasteiger partial charge on any atom is -0.494 e. The number of aromatic nitrogens is 4. The van der Waals surface area contributed by atoms with E-state index in [2.05, 4.69) is 19.9 Å². The van der Waals surface area contributed by atoms with Gasteiger partial charge >= 0.3 is 0 Å². The third kappa shape index (κ3) is 2.72. The summed E-state index contributed by atoms with van der Waals surface area (Å²) in [6.07, 6.45) is 6.53. The number of aryl methyl sites for hydroxylation is 1. The highest BCUT2D eigenvalue weighted by molar-refractivity contribution is 5.92. The first-order chi connectivity index (χ1) is 10.7. The summed E-state index contributed by atoms with van der Waals surface area (Å²) < 4.78 is 6.79. The molecule has 22 heavy (non-hydrogen) atoms. The summed E-state index contributed by atoms with van der Waals surface area (Å²) >= 11 is 0. The van der Waals surface area contributed by atoms with Crippen LogP contribution in [0.5, 0.6) is 5.75 Å². The molecule has 0 N–H and O–H groups in total. The number of rotatable bonds is 3. The van der Waals surface area contributed by atoms with Crippen LogP contribution in [0.2, 0.25) is 0 Å². The van der Waals surface area contributed by atoms with Gasteiger partial charge < -0.3 is 19.1 Å². The number of amides is 1. The van der Waals surface area contributed by atoms with Crippen LogP contribution in [0, 0.1) is 0 Å². The first-order valence-corrected chi connectivity index (χ1v) is 7.05. The molecule has 2 aromatic heterocycles. The largest absolute Gasteiger partial charge is 0.494 e. The Morgan fingerprint density at radius 3 is 2.36 bits per heavy atom. The molecule has 0 saturated carbocycles. The normalized spacial score (nSPS) is 15.0. The molecule has 0 radical (unpaired) electrons. The van der Waals surface area contributed by atoms with Crippen molar-refractivity contribution in [2.45, 2.75) is 0 Å². The van der Waals surface area contributed by atoms with E-state index in [0.29, 0.717) is 43.6 Å². The summed E-state index contributed by atoms with van der Waals surface area (Å²) in [5.74, 6) is 1.30. The van der Waals surface area contributed by atoms with Crippen molar-refractivity contribution < 1.29 is 9.53 Å². The van der Waals surface area contributed by atoms with Crippen molar-refractivity contribution in [3.8, 4) is 5.75 Å². The predicted molar refractivity (Wildman–Crippen MR) is 79.9 cm³/mol. The van der Waals surface area contributed by atoms with Gasteiger partial charge in [-0.1, -0.05) is 0 Å². The Hall–Kier alpha value is -2.64. The molecule has 3 heterocycles. The molecule has 1 fully saturated rings. The average molecular weight is 302 g/mol. The van der Waals surface area contributed by atoms with Crippen molar-refractivity contribution in [2.24, 2.45) is 7.05 Å². The second kappa shape index (κ2) is 6.00. The zero-order valence-corrected chi connectivity index (χ0v) is 12.6. The van der Waals surface area contributed by atoms with Crippen LogP contribution in [0.25, 0.3) is 0 Å². The molecule has 1 aliphatic heterocycles. The summed E-state index contributed by atoms with van der Waals surface area (Å²) in [5.41, 5.74) is 0.606. The Balaban J connectivity index is 1.62. The lowest BCUT2D eigenvalue weighted by molar-refractivity contribution is 0.0736. The third-order valence-electron chi connectivity index (χ3n) is 3.74. The second-order valence-electron chi connectivity index (χ2n) is 5.09. The number of methoxy groups -OCH3 is 1. The van der Waals surface area contributed by atoms with Crippen molar-refractivity contribution in [1.29, 1.82) is 0 Å². The fraction of sp³-hybridized carbons (Fsp3) is 0.429. The summed E-state index contributed by atoms with van der Waals surface area (Å²) in [7, 11) is 3.41. The third-order valence-corrected chi connectivity index (χ3v) is 3.74. The molecule has 2 aromatic rings. The minimum absolute atomic E-state index is 0.00954. The van der Waals surface area contributed by atoms with Crippen molar-refractivity contribution in [1.82, 2.24) is 24.4 Å². The Labute approximate surface area is 128 Å². The Kier molecular flexibility index (Phi) is 3.90. The number of nitrogens with zero attached hydrogens (tertiary/aromatic N) is 6. The highest BCUT2D eigenvalue weighted by atomic mass is 16.5. The molecule has 3 rings (SSSR count). The van der Waals surface area contributed by atoms with Gasteiger partial charge in [0.05, 0.1) is 32.0 Å². The number of carbonyl (C=O) groups excluding carboxylic acids is 1. The summed E-state index contributed by atoms with van der Waals surface area (Å²) in [5, 5.41) is 0. The fourth-order valence-corrected chi connectivity index (χ4v) is 2.41. The first-order valence-electron chi connectivity index (χ1n) is 7.05. The van der Waals surface area contributed by atoms with E-state index in [1.54, 1.807) is 36.6 Å². The van der Waals surface area contributed by atoms with Gasteiger partial charge in [-0.05, 0) is 0 Å². The minimum atomic E-state index is 0.00954. The molecule has 116 valence electrons. The standard InChI is InChI=1S/C14H18N6O2/c1-18-10-15-9-12(18)13(21)19-3-5-20(6-4-19)14-16-7-11(22-2)8-17-14/h7-10H,3-6H2,1-2H3. The van der Waals surface area contributed by atoms with E-state index in [1.165, 1.54) is 0 Å². The van der Waals surface area contributed by atoms with Crippen LogP contribution in [0.15, 0.2) is 24.9 Å². The molecule has 0 unspecified atom stereocenters. The molecular weight excluding hydrogens is 284 g/mol.